The highest BCUT2D eigenvalue weighted by Crippen LogP contribution is 2.21. The minimum Gasteiger partial charge on any atom is -0.461 e. The molecule has 1 aliphatic carbocycles. The number of esters is 2. The fourth-order valence-electron chi connectivity index (χ4n) is 3.20. The fraction of sp³-hybridized carbons (Fsp3) is 0.609. The van der Waals surface area contributed by atoms with E-state index in [9.17, 15) is 14.4 Å². The Morgan fingerprint density at radius 2 is 1.73 bits per heavy atom. The van der Waals surface area contributed by atoms with Crippen molar-refractivity contribution in [1.82, 2.24) is 5.32 Å². The van der Waals surface area contributed by atoms with Crippen molar-refractivity contribution >= 4 is 18.0 Å². The Morgan fingerprint density at radius 3 is 2.37 bits per heavy atom. The van der Waals surface area contributed by atoms with Crippen molar-refractivity contribution in [3.8, 4) is 0 Å². The Kier molecular flexibility index (Phi) is 9.15. The van der Waals surface area contributed by atoms with Crippen LogP contribution in [0.1, 0.15) is 71.3 Å². The topological polar surface area (TPSA) is 90.9 Å². The van der Waals surface area contributed by atoms with E-state index in [0.29, 0.717) is 0 Å². The highest BCUT2D eigenvalue weighted by atomic mass is 16.6. The zero-order valence-electron chi connectivity index (χ0n) is 18.1. The number of nitrogens with one attached hydrogen (secondary N) is 1. The number of rotatable bonds is 8. The van der Waals surface area contributed by atoms with Crippen LogP contribution in [0.2, 0.25) is 0 Å². The van der Waals surface area contributed by atoms with Crippen LogP contribution in [-0.4, -0.2) is 35.8 Å². The van der Waals surface area contributed by atoms with Gasteiger partial charge in [-0.1, -0.05) is 36.8 Å². The van der Waals surface area contributed by atoms with Crippen molar-refractivity contribution in [2.45, 2.75) is 90.1 Å². The van der Waals surface area contributed by atoms with Crippen molar-refractivity contribution in [3.63, 3.8) is 0 Å². The molecule has 1 atom stereocenters. The van der Waals surface area contributed by atoms with E-state index in [4.69, 9.17) is 14.2 Å². The van der Waals surface area contributed by atoms with E-state index >= 15 is 0 Å². The van der Waals surface area contributed by atoms with E-state index in [-0.39, 0.29) is 25.6 Å². The largest absolute Gasteiger partial charge is 0.461 e. The third-order valence-corrected chi connectivity index (χ3v) is 4.69. The van der Waals surface area contributed by atoms with Gasteiger partial charge in [0.15, 0.2) is 0 Å². The molecule has 0 spiro atoms. The lowest BCUT2D eigenvalue weighted by molar-refractivity contribution is -0.153. The van der Waals surface area contributed by atoms with Gasteiger partial charge in [-0.15, -0.1) is 0 Å². The Balaban J connectivity index is 1.89. The van der Waals surface area contributed by atoms with Crippen LogP contribution in [0.5, 0.6) is 0 Å². The fourth-order valence-corrected chi connectivity index (χ4v) is 3.20. The van der Waals surface area contributed by atoms with Gasteiger partial charge in [-0.25, -0.2) is 9.59 Å². The molecule has 0 radical (unpaired) electrons. The van der Waals surface area contributed by atoms with Gasteiger partial charge in [0.1, 0.15) is 24.4 Å². The van der Waals surface area contributed by atoms with Crippen LogP contribution in [0.4, 0.5) is 4.79 Å². The van der Waals surface area contributed by atoms with Crippen LogP contribution >= 0.6 is 0 Å². The first-order valence-corrected chi connectivity index (χ1v) is 10.6. The summed E-state index contributed by atoms with van der Waals surface area (Å²) in [4.78, 5) is 37.0. The monoisotopic (exact) mass is 419 g/mol. The zero-order chi connectivity index (χ0) is 22.0. The van der Waals surface area contributed by atoms with Crippen LogP contribution in [0.15, 0.2) is 30.3 Å². The summed E-state index contributed by atoms with van der Waals surface area (Å²) in [5.74, 6) is -0.982. The lowest BCUT2D eigenvalue weighted by Gasteiger charge is -2.26. The molecule has 1 N–H and O–H groups in total. The van der Waals surface area contributed by atoms with E-state index in [1.54, 1.807) is 20.8 Å². The molecular weight excluding hydrogens is 386 g/mol. The third-order valence-electron chi connectivity index (χ3n) is 4.69. The quantitative estimate of drug-likeness (QED) is 0.500. The second-order valence-corrected chi connectivity index (χ2v) is 8.58. The molecule has 1 aromatic carbocycles. The molecule has 1 aliphatic rings. The van der Waals surface area contributed by atoms with Crippen LogP contribution in [0, 0.1) is 0 Å². The summed E-state index contributed by atoms with van der Waals surface area (Å²) in [5.41, 5.74) is 0.183. The molecule has 0 saturated heterocycles. The molecule has 1 amide bonds. The molecular formula is C23H33NO6. The van der Waals surface area contributed by atoms with E-state index in [1.807, 2.05) is 30.3 Å². The number of ether oxygens (including phenoxy) is 3. The van der Waals surface area contributed by atoms with Crippen molar-refractivity contribution in [2.24, 2.45) is 0 Å². The van der Waals surface area contributed by atoms with Crippen molar-refractivity contribution < 1.29 is 28.6 Å². The minimum absolute atomic E-state index is 0.0208. The number of benzene rings is 1. The Labute approximate surface area is 178 Å². The summed E-state index contributed by atoms with van der Waals surface area (Å²) in [6.45, 7) is 5.38. The second kappa shape index (κ2) is 11.6. The molecule has 0 aliphatic heterocycles. The maximum absolute atomic E-state index is 12.7. The summed E-state index contributed by atoms with van der Waals surface area (Å²) in [7, 11) is 0. The number of alkyl carbamates (subject to hydrolysis) is 1. The second-order valence-electron chi connectivity index (χ2n) is 8.58. The van der Waals surface area contributed by atoms with Gasteiger partial charge in [-0.3, -0.25) is 4.79 Å². The first kappa shape index (κ1) is 23.7. The van der Waals surface area contributed by atoms with Crippen molar-refractivity contribution in [2.75, 3.05) is 0 Å². The molecule has 30 heavy (non-hydrogen) atoms. The van der Waals surface area contributed by atoms with E-state index < -0.39 is 29.7 Å². The maximum atomic E-state index is 12.7. The molecule has 1 fully saturated rings. The molecule has 0 bridgehead atoms. The Hall–Kier alpha value is -2.57. The lowest BCUT2D eigenvalue weighted by atomic mass is 9.98. The van der Waals surface area contributed by atoms with Crippen molar-refractivity contribution in [1.29, 1.82) is 0 Å². The summed E-state index contributed by atoms with van der Waals surface area (Å²) < 4.78 is 16.1. The molecule has 1 saturated carbocycles. The van der Waals surface area contributed by atoms with Crippen LogP contribution in [-0.2, 0) is 30.4 Å². The summed E-state index contributed by atoms with van der Waals surface area (Å²) in [5, 5.41) is 2.55. The van der Waals surface area contributed by atoms with Crippen LogP contribution in [0.3, 0.4) is 0 Å². The molecule has 0 heterocycles. The maximum Gasteiger partial charge on any atom is 0.408 e. The Bertz CT molecular complexity index is 691. The van der Waals surface area contributed by atoms with Gasteiger partial charge < -0.3 is 19.5 Å². The van der Waals surface area contributed by atoms with Gasteiger partial charge in [0.05, 0.1) is 0 Å². The summed E-state index contributed by atoms with van der Waals surface area (Å²) in [6.07, 6.45) is 4.03. The molecule has 7 heteroatoms. The van der Waals surface area contributed by atoms with Gasteiger partial charge in [0.25, 0.3) is 0 Å². The smallest absolute Gasteiger partial charge is 0.408 e. The lowest BCUT2D eigenvalue weighted by Crippen LogP contribution is -2.45. The first-order valence-electron chi connectivity index (χ1n) is 10.6. The number of amides is 1. The van der Waals surface area contributed by atoms with E-state index in [1.165, 1.54) is 0 Å². The number of hydrogen-bond donors (Lipinski definition) is 1. The van der Waals surface area contributed by atoms with Gasteiger partial charge in [0.2, 0.25) is 0 Å². The summed E-state index contributed by atoms with van der Waals surface area (Å²) >= 11 is 0. The van der Waals surface area contributed by atoms with Gasteiger partial charge in [0, 0.05) is 6.42 Å². The predicted octanol–water partition coefficient (Wildman–Crippen LogP) is 4.28. The molecule has 7 nitrogen and oxygen atoms in total. The first-order chi connectivity index (χ1) is 14.2. The standard InChI is InChI=1S/C23H33NO6/c1-23(2,3)30-22(27)24-19(21(26)29-18-12-8-5-9-13-18)14-15-20(25)28-16-17-10-6-4-7-11-17/h4,6-7,10-11,18-19H,5,8-9,12-16H2,1-3H3,(H,24,27)/t19-/m1/s1. The molecule has 2 rings (SSSR count). The van der Waals surface area contributed by atoms with Crippen LogP contribution in [0.25, 0.3) is 0 Å². The average molecular weight is 420 g/mol. The van der Waals surface area contributed by atoms with Gasteiger partial charge in [-0.05, 0) is 58.4 Å². The normalized spacial score (nSPS) is 15.7. The summed E-state index contributed by atoms with van der Waals surface area (Å²) in [6, 6.07) is 8.38. The van der Waals surface area contributed by atoms with E-state index in [0.717, 1.165) is 37.7 Å². The molecule has 1 aromatic rings. The van der Waals surface area contributed by atoms with Gasteiger partial charge >= 0.3 is 18.0 Å². The third kappa shape index (κ3) is 9.29. The predicted molar refractivity (Wildman–Crippen MR) is 112 cm³/mol. The number of hydrogen-bond acceptors (Lipinski definition) is 6. The van der Waals surface area contributed by atoms with Gasteiger partial charge in [-0.2, -0.15) is 0 Å². The highest BCUT2D eigenvalue weighted by molar-refractivity contribution is 5.82. The molecule has 166 valence electrons. The van der Waals surface area contributed by atoms with E-state index in [2.05, 4.69) is 5.32 Å². The number of carbonyl (C=O) groups is 3. The molecule has 0 aromatic heterocycles. The SMILES string of the molecule is CC(C)(C)OC(=O)N[C@H](CCC(=O)OCc1ccccc1)C(=O)OC1CCCCC1. The molecule has 0 unspecified atom stereocenters. The van der Waals surface area contributed by atoms with Crippen molar-refractivity contribution in [3.05, 3.63) is 35.9 Å². The van der Waals surface area contributed by atoms with Crippen LogP contribution < -0.4 is 5.32 Å². The minimum atomic E-state index is -0.967. The highest BCUT2D eigenvalue weighted by Gasteiger charge is 2.29. The Morgan fingerprint density at radius 1 is 1.07 bits per heavy atom. The average Bonchev–Trinajstić information content (AvgIpc) is 2.69. The zero-order valence-corrected chi connectivity index (χ0v) is 18.1. The number of carbonyl (C=O) groups excluding carboxylic acids is 3.